The molecule has 0 saturated heterocycles. The van der Waals surface area contributed by atoms with Crippen molar-refractivity contribution in [3.63, 3.8) is 0 Å². The van der Waals surface area contributed by atoms with Gasteiger partial charge in [0.25, 0.3) is 0 Å². The van der Waals surface area contributed by atoms with Crippen LogP contribution < -0.4 is 5.32 Å². The van der Waals surface area contributed by atoms with E-state index >= 15 is 0 Å². The number of hydrogen-bond acceptors (Lipinski definition) is 1. The Morgan fingerprint density at radius 1 is 1.11 bits per heavy atom. The van der Waals surface area contributed by atoms with Gasteiger partial charge in [-0.15, -0.1) is 0 Å². The molecule has 1 aromatic carbocycles. The van der Waals surface area contributed by atoms with Gasteiger partial charge in [0.1, 0.15) is 0 Å². The van der Waals surface area contributed by atoms with Crippen LogP contribution in [0.15, 0.2) is 30.3 Å². The monoisotopic (exact) mass is 245 g/mol. The Hall–Kier alpha value is -0.820. The average Bonchev–Trinajstić information content (AvgIpc) is 2.78. The molecule has 1 fully saturated rings. The third-order valence-corrected chi connectivity index (χ3v) is 4.12. The number of benzene rings is 1. The third kappa shape index (κ3) is 4.13. The van der Waals surface area contributed by atoms with Crippen molar-refractivity contribution in [3.05, 3.63) is 35.9 Å². The van der Waals surface area contributed by atoms with Crippen LogP contribution in [0.1, 0.15) is 38.7 Å². The summed E-state index contributed by atoms with van der Waals surface area (Å²) >= 11 is 0. The average molecular weight is 245 g/mol. The van der Waals surface area contributed by atoms with Crippen LogP contribution in [0.2, 0.25) is 0 Å². The van der Waals surface area contributed by atoms with Crippen LogP contribution in [0.4, 0.5) is 0 Å². The summed E-state index contributed by atoms with van der Waals surface area (Å²) in [4.78, 5) is 0. The largest absolute Gasteiger partial charge is 0.316 e. The Labute approximate surface area is 112 Å². The molecule has 1 nitrogen and oxygen atoms in total. The normalized spacial score (nSPS) is 23.7. The van der Waals surface area contributed by atoms with Crippen LogP contribution in [-0.4, -0.2) is 13.1 Å². The van der Waals surface area contributed by atoms with Gasteiger partial charge in [0.2, 0.25) is 0 Å². The molecular formula is C17H27N. The van der Waals surface area contributed by atoms with E-state index in [-0.39, 0.29) is 0 Å². The van der Waals surface area contributed by atoms with Gasteiger partial charge in [-0.25, -0.2) is 0 Å². The number of hydrogen-bond donors (Lipinski definition) is 1. The summed E-state index contributed by atoms with van der Waals surface area (Å²) in [5.41, 5.74) is 1.51. The second kappa shape index (κ2) is 6.94. The maximum absolute atomic E-state index is 3.64. The zero-order chi connectivity index (χ0) is 12.8. The lowest BCUT2D eigenvalue weighted by Gasteiger charge is -2.21. The molecule has 0 aliphatic heterocycles. The highest BCUT2D eigenvalue weighted by Crippen LogP contribution is 2.33. The SMILES string of the molecule is CC(C)CNCC1CCCC1Cc1ccccc1. The molecule has 2 unspecified atom stereocenters. The van der Waals surface area contributed by atoms with Crippen molar-refractivity contribution in [1.29, 1.82) is 0 Å². The molecule has 18 heavy (non-hydrogen) atoms. The van der Waals surface area contributed by atoms with Crippen molar-refractivity contribution in [2.45, 2.75) is 39.5 Å². The van der Waals surface area contributed by atoms with E-state index in [4.69, 9.17) is 0 Å². The molecule has 0 amide bonds. The first-order valence-corrected chi connectivity index (χ1v) is 7.50. The van der Waals surface area contributed by atoms with E-state index in [1.54, 1.807) is 0 Å². The second-order valence-corrected chi connectivity index (χ2v) is 6.19. The summed E-state index contributed by atoms with van der Waals surface area (Å²) in [5, 5.41) is 3.64. The molecule has 2 atom stereocenters. The van der Waals surface area contributed by atoms with Crippen molar-refractivity contribution in [1.82, 2.24) is 5.32 Å². The predicted molar refractivity (Wildman–Crippen MR) is 78.7 cm³/mol. The molecule has 100 valence electrons. The summed E-state index contributed by atoms with van der Waals surface area (Å²) in [6.07, 6.45) is 5.53. The van der Waals surface area contributed by atoms with Crippen molar-refractivity contribution >= 4 is 0 Å². The molecule has 0 heterocycles. The standard InChI is InChI=1S/C17H27N/c1-14(2)12-18-13-17-10-6-9-16(17)11-15-7-4-3-5-8-15/h3-5,7-8,14,16-18H,6,9-13H2,1-2H3. The molecule has 0 aromatic heterocycles. The van der Waals surface area contributed by atoms with Crippen LogP contribution in [0.5, 0.6) is 0 Å². The Kier molecular flexibility index (Phi) is 5.25. The predicted octanol–water partition coefficient (Wildman–Crippen LogP) is 3.89. The zero-order valence-corrected chi connectivity index (χ0v) is 11.9. The first kappa shape index (κ1) is 13.6. The minimum Gasteiger partial charge on any atom is -0.316 e. The zero-order valence-electron chi connectivity index (χ0n) is 11.9. The highest BCUT2D eigenvalue weighted by atomic mass is 14.9. The molecule has 0 bridgehead atoms. The maximum Gasteiger partial charge on any atom is -0.00176 e. The topological polar surface area (TPSA) is 12.0 Å². The van der Waals surface area contributed by atoms with Crippen LogP contribution in [0.25, 0.3) is 0 Å². The third-order valence-electron chi connectivity index (χ3n) is 4.12. The van der Waals surface area contributed by atoms with E-state index in [9.17, 15) is 0 Å². The Morgan fingerprint density at radius 2 is 1.83 bits per heavy atom. The molecular weight excluding hydrogens is 218 g/mol. The van der Waals surface area contributed by atoms with Gasteiger partial charge in [-0.1, -0.05) is 50.6 Å². The lowest BCUT2D eigenvalue weighted by atomic mass is 9.89. The molecule has 1 aliphatic rings. The highest BCUT2D eigenvalue weighted by molar-refractivity contribution is 5.15. The fourth-order valence-electron chi connectivity index (χ4n) is 3.13. The molecule has 2 rings (SSSR count). The smallest absolute Gasteiger partial charge is 0.00176 e. The quantitative estimate of drug-likeness (QED) is 0.801. The highest BCUT2D eigenvalue weighted by Gasteiger charge is 2.26. The summed E-state index contributed by atoms with van der Waals surface area (Å²) in [6, 6.07) is 11.0. The molecule has 1 saturated carbocycles. The van der Waals surface area contributed by atoms with Gasteiger partial charge in [-0.3, -0.25) is 0 Å². The van der Waals surface area contributed by atoms with E-state index in [0.29, 0.717) is 0 Å². The summed E-state index contributed by atoms with van der Waals surface area (Å²) in [5.74, 6) is 2.55. The lowest BCUT2D eigenvalue weighted by Crippen LogP contribution is -2.28. The van der Waals surface area contributed by atoms with E-state index in [2.05, 4.69) is 49.5 Å². The van der Waals surface area contributed by atoms with Crippen LogP contribution >= 0.6 is 0 Å². The van der Waals surface area contributed by atoms with Crippen molar-refractivity contribution < 1.29 is 0 Å². The van der Waals surface area contributed by atoms with Crippen molar-refractivity contribution in [3.8, 4) is 0 Å². The molecule has 0 radical (unpaired) electrons. The molecule has 1 aromatic rings. The summed E-state index contributed by atoms with van der Waals surface area (Å²) < 4.78 is 0. The van der Waals surface area contributed by atoms with E-state index < -0.39 is 0 Å². The van der Waals surface area contributed by atoms with Gasteiger partial charge < -0.3 is 5.32 Å². The Balaban J connectivity index is 1.80. The van der Waals surface area contributed by atoms with Crippen LogP contribution in [0, 0.1) is 17.8 Å². The molecule has 0 spiro atoms. The second-order valence-electron chi connectivity index (χ2n) is 6.19. The van der Waals surface area contributed by atoms with E-state index in [1.165, 1.54) is 37.8 Å². The Bertz CT molecular complexity index is 331. The van der Waals surface area contributed by atoms with Gasteiger partial charge in [0.15, 0.2) is 0 Å². The first-order chi connectivity index (χ1) is 8.75. The first-order valence-electron chi connectivity index (χ1n) is 7.50. The van der Waals surface area contributed by atoms with Gasteiger partial charge in [-0.05, 0) is 55.7 Å². The summed E-state index contributed by atoms with van der Waals surface area (Å²) in [6.45, 7) is 6.94. The van der Waals surface area contributed by atoms with E-state index in [0.717, 1.165) is 24.3 Å². The minimum absolute atomic E-state index is 0.763. The van der Waals surface area contributed by atoms with Crippen LogP contribution in [-0.2, 0) is 6.42 Å². The van der Waals surface area contributed by atoms with E-state index in [1.807, 2.05) is 0 Å². The van der Waals surface area contributed by atoms with Gasteiger partial charge in [0, 0.05) is 0 Å². The van der Waals surface area contributed by atoms with Crippen molar-refractivity contribution in [2.24, 2.45) is 17.8 Å². The molecule has 1 N–H and O–H groups in total. The lowest BCUT2D eigenvalue weighted by molar-refractivity contribution is 0.357. The summed E-state index contributed by atoms with van der Waals surface area (Å²) in [7, 11) is 0. The molecule has 1 heteroatoms. The number of rotatable bonds is 6. The van der Waals surface area contributed by atoms with Gasteiger partial charge in [-0.2, -0.15) is 0 Å². The van der Waals surface area contributed by atoms with Gasteiger partial charge >= 0.3 is 0 Å². The van der Waals surface area contributed by atoms with Gasteiger partial charge in [0.05, 0.1) is 0 Å². The molecule has 1 aliphatic carbocycles. The van der Waals surface area contributed by atoms with Crippen molar-refractivity contribution in [2.75, 3.05) is 13.1 Å². The minimum atomic E-state index is 0.763. The fourth-order valence-corrected chi connectivity index (χ4v) is 3.13. The maximum atomic E-state index is 3.64. The Morgan fingerprint density at radius 3 is 2.56 bits per heavy atom. The fraction of sp³-hybridized carbons (Fsp3) is 0.647. The number of nitrogens with one attached hydrogen (secondary N) is 1. The van der Waals surface area contributed by atoms with Crippen LogP contribution in [0.3, 0.4) is 0 Å².